The van der Waals surface area contributed by atoms with Crippen molar-refractivity contribution in [1.82, 2.24) is 4.98 Å². The van der Waals surface area contributed by atoms with Crippen LogP contribution in [0.1, 0.15) is 0 Å². The van der Waals surface area contributed by atoms with Crippen LogP contribution < -0.4 is 0 Å². The van der Waals surface area contributed by atoms with Gasteiger partial charge in [-0.05, 0) is 11.5 Å². The van der Waals surface area contributed by atoms with Crippen LogP contribution in [0.3, 0.4) is 0 Å². The Morgan fingerprint density at radius 1 is 1.00 bits per heavy atom. The van der Waals surface area contributed by atoms with E-state index in [-0.39, 0.29) is 0 Å². The molecule has 0 radical (unpaired) electrons. The molecule has 1 heterocycles. The molecule has 1 N–H and O–H groups in total. The van der Waals surface area contributed by atoms with Crippen molar-refractivity contribution in [1.29, 1.82) is 0 Å². The molecule has 3 rings (SSSR count). The molecule has 1 aromatic rings. The van der Waals surface area contributed by atoms with Crippen LogP contribution in [-0.2, 0) is 9.84 Å². The van der Waals surface area contributed by atoms with E-state index in [1.165, 1.54) is 6.26 Å². The van der Waals surface area contributed by atoms with Crippen LogP contribution >= 0.6 is 0 Å². The number of hydrogen-bond acceptors (Lipinski definition) is 2. The molecule has 1 aliphatic heterocycles. The van der Waals surface area contributed by atoms with Crippen LogP contribution in [0.2, 0.25) is 0 Å². The Morgan fingerprint density at radius 2 is 1.71 bits per heavy atom. The maximum atomic E-state index is 11.9. The van der Waals surface area contributed by atoms with Crippen molar-refractivity contribution in [3.63, 3.8) is 0 Å². The molecule has 0 unspecified atom stereocenters. The van der Waals surface area contributed by atoms with E-state index in [9.17, 15) is 8.42 Å². The second kappa shape index (κ2) is 3.34. The zero-order valence-electron chi connectivity index (χ0n) is 9.27. The van der Waals surface area contributed by atoms with Gasteiger partial charge in [0.25, 0.3) is 0 Å². The Labute approximate surface area is 99.3 Å². The van der Waals surface area contributed by atoms with Gasteiger partial charge in [-0.15, -0.1) is 0 Å². The van der Waals surface area contributed by atoms with Crippen molar-refractivity contribution in [2.24, 2.45) is 0 Å². The first-order valence-corrected chi connectivity index (χ1v) is 7.16. The van der Waals surface area contributed by atoms with Gasteiger partial charge in [-0.3, -0.25) is 0 Å². The molecule has 1 aromatic carbocycles. The highest BCUT2D eigenvalue weighted by molar-refractivity contribution is 7.91. The highest BCUT2D eigenvalue weighted by Gasteiger charge is 2.23. The molecule has 0 saturated carbocycles. The normalized spacial score (nSPS) is 12.3. The molecule has 0 aromatic heterocycles. The summed E-state index contributed by atoms with van der Waals surface area (Å²) in [5.74, 6) is 0. The van der Waals surface area contributed by atoms with E-state index in [0.717, 1.165) is 16.3 Å². The topological polar surface area (TPSA) is 49.9 Å². The Morgan fingerprint density at radius 3 is 2.41 bits per heavy atom. The van der Waals surface area contributed by atoms with Crippen LogP contribution in [0.4, 0.5) is 0 Å². The molecule has 0 amide bonds. The zero-order valence-corrected chi connectivity index (χ0v) is 10.1. The largest absolute Gasteiger partial charge is 0.360 e. The van der Waals surface area contributed by atoms with Crippen molar-refractivity contribution < 1.29 is 8.42 Å². The maximum absolute atomic E-state index is 11.9. The van der Waals surface area contributed by atoms with Gasteiger partial charge in [-0.2, -0.15) is 0 Å². The SMILES string of the molecule is CS(=O)(=O)c1c2[nH]cccc-2c2ccccc12. The summed E-state index contributed by atoms with van der Waals surface area (Å²) in [5.41, 5.74) is 1.64. The number of H-pyrrole nitrogens is 1. The Bertz CT molecular complexity index is 771. The average Bonchev–Trinajstić information content (AvgIpc) is 2.63. The molecule has 2 aliphatic rings. The van der Waals surface area contributed by atoms with Crippen LogP contribution in [0.15, 0.2) is 47.5 Å². The summed E-state index contributed by atoms with van der Waals surface area (Å²) in [6.07, 6.45) is 2.99. The number of fused-ring (bicyclic) bond motifs is 3. The Kier molecular flexibility index (Phi) is 2.03. The van der Waals surface area contributed by atoms with Crippen molar-refractivity contribution in [2.45, 2.75) is 4.90 Å². The average molecular weight is 245 g/mol. The summed E-state index contributed by atoms with van der Waals surface area (Å²) in [7, 11) is -3.24. The summed E-state index contributed by atoms with van der Waals surface area (Å²) >= 11 is 0. The molecular formula is C13H11NO2S. The molecule has 0 spiro atoms. The van der Waals surface area contributed by atoms with Crippen LogP contribution in [0, 0.1) is 0 Å². The third-order valence-corrected chi connectivity index (χ3v) is 4.08. The number of rotatable bonds is 1. The van der Waals surface area contributed by atoms with Crippen LogP contribution in [-0.4, -0.2) is 19.7 Å². The lowest BCUT2D eigenvalue weighted by molar-refractivity contribution is 0.603. The van der Waals surface area contributed by atoms with E-state index in [2.05, 4.69) is 4.98 Å². The number of sulfone groups is 1. The van der Waals surface area contributed by atoms with Gasteiger partial charge in [0.15, 0.2) is 9.84 Å². The lowest BCUT2D eigenvalue weighted by atomic mass is 10.1. The van der Waals surface area contributed by atoms with Crippen molar-refractivity contribution >= 4 is 20.6 Å². The second-order valence-corrected chi connectivity index (χ2v) is 6.06. The second-order valence-electron chi connectivity index (χ2n) is 4.11. The number of aromatic amines is 1. The Hall–Kier alpha value is -1.81. The number of pyridine rings is 1. The molecule has 0 atom stereocenters. The predicted molar refractivity (Wildman–Crippen MR) is 68.0 cm³/mol. The quantitative estimate of drug-likeness (QED) is 0.716. The maximum Gasteiger partial charge on any atom is 0.178 e. The van der Waals surface area contributed by atoms with E-state index < -0.39 is 9.84 Å². The zero-order chi connectivity index (χ0) is 12.0. The highest BCUT2D eigenvalue weighted by atomic mass is 32.2. The summed E-state index contributed by atoms with van der Waals surface area (Å²) < 4.78 is 23.8. The van der Waals surface area contributed by atoms with E-state index >= 15 is 0 Å². The van der Waals surface area contributed by atoms with Gasteiger partial charge in [-0.25, -0.2) is 8.42 Å². The van der Waals surface area contributed by atoms with E-state index in [4.69, 9.17) is 0 Å². The molecule has 4 heteroatoms. The van der Waals surface area contributed by atoms with E-state index in [1.54, 1.807) is 6.20 Å². The summed E-state index contributed by atoms with van der Waals surface area (Å²) in [4.78, 5) is 3.43. The van der Waals surface area contributed by atoms with Crippen LogP contribution in [0.5, 0.6) is 0 Å². The summed E-state index contributed by atoms with van der Waals surface area (Å²) in [6, 6.07) is 11.4. The minimum absolute atomic E-state index is 0.392. The number of hydrogen-bond donors (Lipinski definition) is 1. The summed E-state index contributed by atoms with van der Waals surface area (Å²) in [6.45, 7) is 0. The van der Waals surface area contributed by atoms with Gasteiger partial charge in [0.1, 0.15) is 0 Å². The van der Waals surface area contributed by atoms with Gasteiger partial charge in [-0.1, -0.05) is 30.3 Å². The van der Waals surface area contributed by atoms with Gasteiger partial charge >= 0.3 is 0 Å². The Balaban J connectivity index is 2.63. The van der Waals surface area contributed by atoms with Crippen molar-refractivity contribution in [3.8, 4) is 11.3 Å². The van der Waals surface area contributed by atoms with Gasteiger partial charge in [0.2, 0.25) is 0 Å². The third kappa shape index (κ3) is 1.45. The molecule has 3 nitrogen and oxygen atoms in total. The molecule has 0 fully saturated rings. The number of nitrogens with one attached hydrogen (secondary N) is 1. The fraction of sp³-hybridized carbons (Fsp3) is 0.0769. The molecular weight excluding hydrogens is 234 g/mol. The molecule has 0 bridgehead atoms. The fourth-order valence-corrected chi connectivity index (χ4v) is 3.40. The van der Waals surface area contributed by atoms with E-state index in [1.807, 2.05) is 36.4 Å². The minimum Gasteiger partial charge on any atom is -0.360 e. The van der Waals surface area contributed by atoms with Gasteiger partial charge in [0, 0.05) is 23.4 Å². The fourth-order valence-electron chi connectivity index (χ4n) is 2.28. The van der Waals surface area contributed by atoms with Crippen molar-refractivity contribution in [3.05, 3.63) is 42.6 Å². The van der Waals surface area contributed by atoms with Gasteiger partial charge < -0.3 is 4.98 Å². The minimum atomic E-state index is -3.24. The van der Waals surface area contributed by atoms with E-state index in [0.29, 0.717) is 10.6 Å². The highest BCUT2D eigenvalue weighted by Crippen LogP contribution is 2.39. The van der Waals surface area contributed by atoms with Crippen molar-refractivity contribution in [2.75, 3.05) is 6.26 Å². The third-order valence-electron chi connectivity index (χ3n) is 2.92. The monoisotopic (exact) mass is 245 g/mol. The smallest absolute Gasteiger partial charge is 0.178 e. The first kappa shape index (κ1) is 10.4. The molecule has 17 heavy (non-hydrogen) atoms. The van der Waals surface area contributed by atoms with Crippen LogP contribution in [0.25, 0.3) is 22.0 Å². The number of benzene rings is 1. The standard InChI is InChI=1S/C13H11NO2S/c1-17(15,16)13-11-6-3-2-5-9(11)10-7-4-8-14-12(10)13/h2-8,14H,1H3. The lowest BCUT2D eigenvalue weighted by Crippen LogP contribution is -1.98. The summed E-state index contributed by atoms with van der Waals surface area (Å²) in [5, 5.41) is 1.76. The first-order valence-electron chi connectivity index (χ1n) is 5.27. The molecule has 86 valence electrons. The van der Waals surface area contributed by atoms with Gasteiger partial charge in [0.05, 0.1) is 10.6 Å². The predicted octanol–water partition coefficient (Wildman–Crippen LogP) is 2.68. The molecule has 1 aliphatic carbocycles. The number of aromatic nitrogens is 1. The molecule has 0 saturated heterocycles. The lowest BCUT2D eigenvalue weighted by Gasteiger charge is -2.01. The first-order chi connectivity index (χ1) is 8.09.